The van der Waals surface area contributed by atoms with Crippen molar-refractivity contribution in [1.29, 1.82) is 0 Å². The summed E-state index contributed by atoms with van der Waals surface area (Å²) >= 11 is 6.57. The van der Waals surface area contributed by atoms with E-state index in [0.717, 1.165) is 30.5 Å². The molecule has 2 atom stereocenters. The second kappa shape index (κ2) is 11.4. The molecule has 3 aromatic carbocycles. The van der Waals surface area contributed by atoms with Gasteiger partial charge in [0.25, 0.3) is 11.8 Å². The zero-order valence-corrected chi connectivity index (χ0v) is 22.0. The van der Waals surface area contributed by atoms with Crippen LogP contribution in [0.5, 0.6) is 0 Å². The van der Waals surface area contributed by atoms with Crippen LogP contribution in [0.25, 0.3) is 0 Å². The number of benzene rings is 3. The quantitative estimate of drug-likeness (QED) is 0.414. The van der Waals surface area contributed by atoms with Crippen molar-refractivity contribution in [2.75, 3.05) is 23.3 Å². The van der Waals surface area contributed by atoms with Gasteiger partial charge in [0.05, 0.1) is 16.3 Å². The highest BCUT2D eigenvalue weighted by Gasteiger charge is 2.32. The minimum Gasteiger partial charge on any atom is -0.456 e. The van der Waals surface area contributed by atoms with Gasteiger partial charge in [0.1, 0.15) is 12.1 Å². The number of fused-ring (bicyclic) bond motifs is 1. The molecule has 2 N–H and O–H groups in total. The fraction of sp³-hybridized carbons (Fsp3) is 0.300. The maximum absolute atomic E-state index is 13.7. The van der Waals surface area contributed by atoms with Crippen LogP contribution < -0.4 is 15.5 Å². The fourth-order valence-corrected chi connectivity index (χ4v) is 5.36. The molecule has 8 heteroatoms. The first-order valence-corrected chi connectivity index (χ1v) is 13.3. The van der Waals surface area contributed by atoms with E-state index in [-0.39, 0.29) is 28.8 Å². The van der Waals surface area contributed by atoms with E-state index in [1.807, 2.05) is 49.4 Å². The van der Waals surface area contributed by atoms with Crippen molar-refractivity contribution in [3.63, 3.8) is 0 Å². The molecule has 0 saturated carbocycles. The number of ether oxygens (including phenoxy) is 1. The smallest absolute Gasteiger partial charge is 0.323 e. The predicted octanol–water partition coefficient (Wildman–Crippen LogP) is 5.68. The first-order valence-electron chi connectivity index (χ1n) is 12.9. The lowest BCUT2D eigenvalue weighted by Crippen LogP contribution is -2.33. The molecule has 2 aliphatic rings. The summed E-state index contributed by atoms with van der Waals surface area (Å²) in [6.45, 7) is 3.16. The van der Waals surface area contributed by atoms with Crippen molar-refractivity contribution in [2.45, 2.75) is 44.8 Å². The van der Waals surface area contributed by atoms with E-state index >= 15 is 0 Å². The molecule has 0 aromatic heterocycles. The van der Waals surface area contributed by atoms with Crippen molar-refractivity contribution in [2.24, 2.45) is 0 Å². The van der Waals surface area contributed by atoms with E-state index < -0.39 is 6.10 Å². The maximum atomic E-state index is 13.7. The number of para-hydroxylation sites is 1. The lowest BCUT2D eigenvalue weighted by Gasteiger charge is -2.25. The Morgan fingerprint density at radius 3 is 2.53 bits per heavy atom. The van der Waals surface area contributed by atoms with Crippen LogP contribution in [0.4, 0.5) is 11.4 Å². The molecule has 0 spiro atoms. The van der Waals surface area contributed by atoms with Crippen LogP contribution in [0.1, 0.15) is 63.6 Å². The molecule has 3 aromatic rings. The zero-order valence-electron chi connectivity index (χ0n) is 21.2. The SMILES string of the molecule is Cc1ccccc1C(=O)Nc1ccc(C(=O)N2CCCC(OC(=O)[C@@H]3CCCN3)c3ccccc32)c(Cl)c1. The van der Waals surface area contributed by atoms with Gasteiger partial charge in [0.15, 0.2) is 0 Å². The van der Waals surface area contributed by atoms with E-state index in [1.54, 1.807) is 29.2 Å². The Bertz CT molecular complexity index is 1370. The molecule has 196 valence electrons. The van der Waals surface area contributed by atoms with Gasteiger partial charge in [-0.25, -0.2) is 0 Å². The number of carbonyl (C=O) groups is 3. The van der Waals surface area contributed by atoms with Crippen molar-refractivity contribution in [3.8, 4) is 0 Å². The van der Waals surface area contributed by atoms with E-state index in [9.17, 15) is 14.4 Å². The van der Waals surface area contributed by atoms with E-state index in [0.29, 0.717) is 41.9 Å². The summed E-state index contributed by atoms with van der Waals surface area (Å²) in [6.07, 6.45) is 2.60. The molecule has 2 heterocycles. The second-order valence-corrected chi connectivity index (χ2v) is 10.1. The number of amides is 2. The monoisotopic (exact) mass is 531 g/mol. The summed E-state index contributed by atoms with van der Waals surface area (Å²) in [5.41, 5.74) is 3.79. The first kappa shape index (κ1) is 25.9. The van der Waals surface area contributed by atoms with Crippen molar-refractivity contribution in [1.82, 2.24) is 5.32 Å². The Hall–Kier alpha value is -3.68. The molecule has 0 aliphatic carbocycles. The van der Waals surface area contributed by atoms with Gasteiger partial charge in [-0.15, -0.1) is 0 Å². The molecule has 7 nitrogen and oxygen atoms in total. The highest BCUT2D eigenvalue weighted by molar-refractivity contribution is 6.35. The number of rotatable bonds is 5. The van der Waals surface area contributed by atoms with Crippen LogP contribution >= 0.6 is 11.6 Å². The van der Waals surface area contributed by atoms with Crippen LogP contribution in [0.2, 0.25) is 5.02 Å². The average molecular weight is 532 g/mol. The number of hydrogen-bond donors (Lipinski definition) is 2. The molecule has 2 amide bonds. The Labute approximate surface area is 227 Å². The highest BCUT2D eigenvalue weighted by atomic mass is 35.5. The van der Waals surface area contributed by atoms with Gasteiger partial charge in [-0.2, -0.15) is 0 Å². The topological polar surface area (TPSA) is 87.7 Å². The predicted molar refractivity (Wildman–Crippen MR) is 148 cm³/mol. The Morgan fingerprint density at radius 1 is 0.974 bits per heavy atom. The zero-order chi connectivity index (χ0) is 26.6. The third kappa shape index (κ3) is 5.44. The first-order chi connectivity index (χ1) is 18.4. The van der Waals surface area contributed by atoms with Gasteiger partial charge in [-0.1, -0.05) is 48.0 Å². The molecule has 1 fully saturated rings. The number of aryl methyl sites for hydroxylation is 1. The van der Waals surface area contributed by atoms with Crippen LogP contribution in [0.3, 0.4) is 0 Å². The van der Waals surface area contributed by atoms with Gasteiger partial charge < -0.3 is 20.3 Å². The Morgan fingerprint density at radius 2 is 1.76 bits per heavy atom. The lowest BCUT2D eigenvalue weighted by atomic mass is 10.0. The van der Waals surface area contributed by atoms with Crippen molar-refractivity contribution in [3.05, 3.63) is 94.0 Å². The standard InChI is InChI=1S/C30H30ClN3O4/c1-19-8-2-3-9-21(19)28(35)33-20-14-15-22(24(31)18-20)29(36)34-17-7-13-27(23-10-4-5-12-26(23)34)38-30(37)25-11-6-16-32-25/h2-5,8-10,12,14-15,18,25,27,32H,6-7,11,13,16-17H2,1H3,(H,33,35)/t25-,27?/m0/s1. The van der Waals surface area contributed by atoms with Gasteiger partial charge in [-0.05, 0) is 75.0 Å². The average Bonchev–Trinajstić information content (AvgIpc) is 3.40. The lowest BCUT2D eigenvalue weighted by molar-refractivity contribution is -0.152. The minimum atomic E-state index is -0.423. The van der Waals surface area contributed by atoms with E-state index in [4.69, 9.17) is 16.3 Å². The largest absolute Gasteiger partial charge is 0.456 e. The van der Waals surface area contributed by atoms with E-state index in [1.165, 1.54) is 0 Å². The third-order valence-electron chi connectivity index (χ3n) is 7.12. The molecular formula is C30H30ClN3O4. The minimum absolute atomic E-state index is 0.242. The molecular weight excluding hydrogens is 502 g/mol. The van der Waals surface area contributed by atoms with Crippen LogP contribution in [-0.2, 0) is 9.53 Å². The number of halogens is 1. The van der Waals surface area contributed by atoms with Crippen LogP contribution in [0, 0.1) is 6.92 Å². The number of nitrogens with zero attached hydrogens (tertiary/aromatic N) is 1. The number of carbonyl (C=O) groups excluding carboxylic acids is 3. The summed E-state index contributed by atoms with van der Waals surface area (Å²) in [7, 11) is 0. The highest BCUT2D eigenvalue weighted by Crippen LogP contribution is 2.37. The normalized spacial score (nSPS) is 18.8. The van der Waals surface area contributed by atoms with Crippen LogP contribution in [-0.4, -0.2) is 36.9 Å². The van der Waals surface area contributed by atoms with Gasteiger partial charge in [0.2, 0.25) is 0 Å². The molecule has 0 bridgehead atoms. The number of hydrogen-bond acceptors (Lipinski definition) is 5. The Balaban J connectivity index is 1.35. The van der Waals surface area contributed by atoms with Gasteiger partial charge in [-0.3, -0.25) is 14.4 Å². The summed E-state index contributed by atoms with van der Waals surface area (Å²) in [5.74, 6) is -0.731. The van der Waals surface area contributed by atoms with Crippen molar-refractivity contribution >= 4 is 40.8 Å². The summed E-state index contributed by atoms with van der Waals surface area (Å²) in [5, 5.41) is 6.29. The molecule has 1 unspecified atom stereocenters. The van der Waals surface area contributed by atoms with Gasteiger partial charge in [0, 0.05) is 23.4 Å². The number of anilines is 2. The van der Waals surface area contributed by atoms with Gasteiger partial charge >= 0.3 is 5.97 Å². The molecule has 5 rings (SSSR count). The Kier molecular flexibility index (Phi) is 7.77. The van der Waals surface area contributed by atoms with Crippen molar-refractivity contribution < 1.29 is 19.1 Å². The summed E-state index contributed by atoms with van der Waals surface area (Å²) < 4.78 is 5.93. The second-order valence-electron chi connectivity index (χ2n) is 9.70. The molecule has 0 radical (unpaired) electrons. The fourth-order valence-electron chi connectivity index (χ4n) is 5.10. The summed E-state index contributed by atoms with van der Waals surface area (Å²) in [4.78, 5) is 40.8. The van der Waals surface area contributed by atoms with Crippen LogP contribution in [0.15, 0.2) is 66.7 Å². The molecule has 1 saturated heterocycles. The number of nitrogens with one attached hydrogen (secondary N) is 2. The molecule has 38 heavy (non-hydrogen) atoms. The third-order valence-corrected chi connectivity index (χ3v) is 7.43. The number of esters is 1. The molecule has 2 aliphatic heterocycles. The van der Waals surface area contributed by atoms with E-state index in [2.05, 4.69) is 10.6 Å². The maximum Gasteiger partial charge on any atom is 0.323 e. The summed E-state index contributed by atoms with van der Waals surface area (Å²) in [6, 6.07) is 19.5.